The van der Waals surface area contributed by atoms with Crippen molar-refractivity contribution in [1.82, 2.24) is 9.13 Å². The fraction of sp³-hybridized carbons (Fsp3) is 0.0571. The van der Waals surface area contributed by atoms with Gasteiger partial charge in [-0.2, -0.15) is 0 Å². The fourth-order valence-corrected chi connectivity index (χ4v) is 27.8. The Kier molecular flexibility index (Phi) is 18.2. The van der Waals surface area contributed by atoms with Crippen LogP contribution in [0.5, 0.6) is 0 Å². The minimum Gasteiger partial charge on any atom is -0.455 e. The maximum Gasteiger partial charge on any atom is 0.143 e. The number of fused-ring (bicyclic) bond motifs is 24. The SMILES string of the molecule is CC1(C)c2cc(N(c3ccc(-c4ccc5oc6c(-c7ccc8c(c7)c7ccccc7n8-c7ccc8c(c7)C(C)(C)c7cc(N(c9ccc(-c%10cccc%11c%10sc%10ccccc%10%11)cc9)c9cccc%10c9-c9ccccc9C%10(c9ccccc9)c9ccccc9)ccc7-8)cccc6c5c4)cc3)c3cccc4c3-c3ccccc3C4(c3ccccc3)c3ccccc3)ccc2-c2ccc(-n3c4ccccc4c4ccccc43)cc21. The fourth-order valence-electron chi connectivity index (χ4n) is 26.6. The normalized spacial score (nSPS) is 14.0. The van der Waals surface area contributed by atoms with E-state index in [0.29, 0.717) is 0 Å². The minimum absolute atomic E-state index is 0.351. The first-order valence-electron chi connectivity index (χ1n) is 50.9. The smallest absolute Gasteiger partial charge is 0.143 e. The maximum atomic E-state index is 7.15. The highest BCUT2D eigenvalue weighted by Crippen LogP contribution is 2.64. The number of para-hydroxylation sites is 4. The second-order valence-corrected chi connectivity index (χ2v) is 42.2. The number of thiophene rings is 1. The highest BCUT2D eigenvalue weighted by atomic mass is 32.1. The van der Waals surface area contributed by atoms with Crippen LogP contribution in [-0.4, -0.2) is 9.13 Å². The zero-order valence-corrected chi connectivity index (χ0v) is 81.8. The monoisotopic (exact) mass is 1880 g/mol. The van der Waals surface area contributed by atoms with E-state index in [1.807, 2.05) is 11.3 Å². The Labute approximate surface area is 851 Å². The van der Waals surface area contributed by atoms with Crippen LogP contribution in [0.4, 0.5) is 34.1 Å². The number of aromatic nitrogens is 2. The van der Waals surface area contributed by atoms with Gasteiger partial charge in [-0.3, -0.25) is 0 Å². The Morgan fingerprint density at radius 1 is 0.219 bits per heavy atom. The molecule has 146 heavy (non-hydrogen) atoms. The molecule has 4 aromatic heterocycles. The molecule has 0 fully saturated rings. The molecule has 0 bridgehead atoms. The Morgan fingerprint density at radius 2 is 0.582 bits per heavy atom. The Hall–Kier alpha value is -17.9. The summed E-state index contributed by atoms with van der Waals surface area (Å²) < 4.78 is 14.7. The molecule has 0 saturated heterocycles. The molecule has 686 valence electrons. The number of hydrogen-bond acceptors (Lipinski definition) is 4. The number of furan rings is 1. The summed E-state index contributed by atoms with van der Waals surface area (Å²) in [4.78, 5) is 5.09. The molecule has 0 amide bonds. The van der Waals surface area contributed by atoms with Crippen molar-refractivity contribution < 1.29 is 4.42 Å². The van der Waals surface area contributed by atoms with E-state index in [2.05, 4.69) is 544 Å². The van der Waals surface area contributed by atoms with Gasteiger partial charge in [-0.15, -0.1) is 11.3 Å². The maximum absolute atomic E-state index is 7.15. The lowest BCUT2D eigenvalue weighted by molar-refractivity contribution is 0.660. The first-order valence-corrected chi connectivity index (χ1v) is 51.7. The Balaban J connectivity index is 0.502. The molecule has 0 aliphatic heterocycles. The number of nitrogens with zero attached hydrogens (tertiary/aromatic N) is 4. The van der Waals surface area contributed by atoms with Crippen LogP contribution in [0.3, 0.4) is 0 Å². The standard InChI is InChI=1S/C140H94N4OS/c1-137(2)121-83-97(71-75-103(121)105-77-73-99(85-123(105)137)143-125-55-25-19-41-107(125)108-42-20-26-56-126(108)143)141(129-58-31-53-119-133(129)113-45-17-23-51-117(113)139(119,91-33-9-5-10-34-91)92-35-11-6-12-36-92)95-67-61-87(62-68-95)89-66-80-131-116(81-89)111-49-29-47-101(135(111)145-131)90-65-79-128-115(82-90)109-43-21-27-57-127(109)144(128)100-74-78-106-104-76-72-98(84-122(104)138(3,4)124(106)86-100)142(96-69-63-88(64-70-96)102-48-30-50-112-110-44-22-28-60-132(110)146-136(102)112)130-59-32-54-120-134(130)114-46-18-24-52-118(114)140(120,93-37-13-7-14-38-93)94-39-15-8-16-40-94/h5-86H,1-4H3. The quantitative estimate of drug-likeness (QED) is 0.102. The van der Waals surface area contributed by atoms with Crippen molar-refractivity contribution in [2.75, 3.05) is 9.80 Å². The largest absolute Gasteiger partial charge is 0.455 e. The van der Waals surface area contributed by atoms with Gasteiger partial charge in [0.15, 0.2) is 0 Å². The van der Waals surface area contributed by atoms with Crippen LogP contribution in [0.25, 0.3) is 175 Å². The van der Waals surface area contributed by atoms with E-state index in [9.17, 15) is 0 Å². The minimum atomic E-state index is -0.597. The third kappa shape index (κ3) is 12.0. The molecule has 4 heterocycles. The van der Waals surface area contributed by atoms with Gasteiger partial charge in [-0.1, -0.05) is 392 Å². The molecule has 22 aromatic carbocycles. The second-order valence-electron chi connectivity index (χ2n) is 41.1. The summed E-state index contributed by atoms with van der Waals surface area (Å²) in [7, 11) is 0. The van der Waals surface area contributed by atoms with Crippen molar-refractivity contribution in [3.8, 4) is 89.3 Å². The lowest BCUT2D eigenvalue weighted by Crippen LogP contribution is -2.28. The summed E-state index contributed by atoms with van der Waals surface area (Å²) in [5.74, 6) is 0. The van der Waals surface area contributed by atoms with Crippen molar-refractivity contribution in [2.45, 2.75) is 49.4 Å². The Morgan fingerprint density at radius 3 is 1.09 bits per heavy atom. The van der Waals surface area contributed by atoms with Crippen LogP contribution >= 0.6 is 11.3 Å². The van der Waals surface area contributed by atoms with E-state index >= 15 is 0 Å². The summed E-state index contributed by atoms with van der Waals surface area (Å²) in [5.41, 5.74) is 45.3. The topological polar surface area (TPSA) is 29.5 Å². The van der Waals surface area contributed by atoms with Crippen LogP contribution in [-0.2, 0) is 21.7 Å². The zero-order chi connectivity index (χ0) is 96.6. The van der Waals surface area contributed by atoms with Gasteiger partial charge in [0.05, 0.1) is 44.3 Å². The molecule has 26 aromatic rings. The van der Waals surface area contributed by atoms with Gasteiger partial charge in [-0.05, 0) is 261 Å². The van der Waals surface area contributed by atoms with Gasteiger partial charge in [0.25, 0.3) is 0 Å². The molecule has 0 atom stereocenters. The molecular formula is C140H94N4OS. The van der Waals surface area contributed by atoms with Crippen molar-refractivity contribution in [3.05, 3.63) is 564 Å². The Bertz CT molecular complexity index is 9820. The van der Waals surface area contributed by atoms with Crippen molar-refractivity contribution in [3.63, 3.8) is 0 Å². The number of rotatable bonds is 15. The summed E-state index contributed by atoms with van der Waals surface area (Å²) >= 11 is 1.88. The van der Waals surface area contributed by atoms with Crippen LogP contribution < -0.4 is 9.80 Å². The summed E-state index contributed by atoms with van der Waals surface area (Å²) in [6, 6.07) is 187. The molecule has 0 saturated carbocycles. The molecule has 30 rings (SSSR count). The third-order valence-corrected chi connectivity index (χ3v) is 34.3. The number of hydrogen-bond donors (Lipinski definition) is 0. The van der Waals surface area contributed by atoms with Gasteiger partial charge in [0.2, 0.25) is 0 Å². The van der Waals surface area contributed by atoms with Gasteiger partial charge < -0.3 is 23.4 Å². The van der Waals surface area contributed by atoms with Gasteiger partial charge in [0.1, 0.15) is 11.2 Å². The lowest BCUT2D eigenvalue weighted by atomic mass is 9.68. The zero-order valence-electron chi connectivity index (χ0n) is 80.9. The van der Waals surface area contributed by atoms with E-state index in [1.165, 1.54) is 175 Å². The van der Waals surface area contributed by atoms with Gasteiger partial charge in [0, 0.05) is 114 Å². The van der Waals surface area contributed by atoms with Crippen LogP contribution in [0, 0.1) is 0 Å². The average molecular weight is 1880 g/mol. The summed E-state index contributed by atoms with van der Waals surface area (Å²) in [6.45, 7) is 9.70. The van der Waals surface area contributed by atoms with Crippen LogP contribution in [0.2, 0.25) is 0 Å². The molecule has 0 radical (unpaired) electrons. The number of benzene rings is 22. The molecule has 6 heteroatoms. The third-order valence-electron chi connectivity index (χ3n) is 33.1. The van der Waals surface area contributed by atoms with Crippen LogP contribution in [0.1, 0.15) is 94.5 Å². The summed E-state index contributed by atoms with van der Waals surface area (Å²) in [6.07, 6.45) is 0. The average Bonchev–Trinajstić information content (AvgIpc) is 1.52. The highest BCUT2D eigenvalue weighted by Gasteiger charge is 2.50. The van der Waals surface area contributed by atoms with Gasteiger partial charge >= 0.3 is 0 Å². The van der Waals surface area contributed by atoms with E-state index in [4.69, 9.17) is 4.42 Å². The van der Waals surface area contributed by atoms with E-state index in [0.717, 1.165) is 101 Å². The van der Waals surface area contributed by atoms with Gasteiger partial charge in [-0.25, -0.2) is 0 Å². The molecule has 5 nitrogen and oxygen atoms in total. The predicted molar refractivity (Wildman–Crippen MR) is 611 cm³/mol. The number of anilines is 6. The second kappa shape index (κ2) is 31.8. The first-order chi connectivity index (χ1) is 71.9. The van der Waals surface area contributed by atoms with Crippen molar-refractivity contribution in [1.29, 1.82) is 0 Å². The summed E-state index contributed by atoms with van der Waals surface area (Å²) in [5, 5.41) is 9.63. The predicted octanol–water partition coefficient (Wildman–Crippen LogP) is 37.4. The van der Waals surface area contributed by atoms with Crippen LogP contribution in [0.15, 0.2) is 502 Å². The molecule has 4 aliphatic rings. The van der Waals surface area contributed by atoms with E-state index in [-0.39, 0.29) is 5.41 Å². The van der Waals surface area contributed by atoms with Crippen molar-refractivity contribution >= 4 is 131 Å². The molecular weight excluding hydrogens is 1790 g/mol. The van der Waals surface area contributed by atoms with E-state index < -0.39 is 16.2 Å². The molecule has 0 unspecified atom stereocenters. The highest BCUT2D eigenvalue weighted by molar-refractivity contribution is 7.26. The first kappa shape index (κ1) is 83.8. The lowest BCUT2D eigenvalue weighted by Gasteiger charge is -2.34. The van der Waals surface area contributed by atoms with Crippen molar-refractivity contribution in [2.24, 2.45) is 0 Å². The molecule has 0 N–H and O–H groups in total. The molecule has 0 spiro atoms. The molecule has 4 aliphatic carbocycles. The van der Waals surface area contributed by atoms with E-state index in [1.54, 1.807) is 0 Å².